The van der Waals surface area contributed by atoms with E-state index in [9.17, 15) is 13.2 Å². The molecule has 7 heteroatoms. The van der Waals surface area contributed by atoms with Crippen molar-refractivity contribution in [3.8, 4) is 0 Å². The van der Waals surface area contributed by atoms with E-state index in [2.05, 4.69) is 22.3 Å². The van der Waals surface area contributed by atoms with Crippen LogP contribution in [0.4, 0.5) is 5.69 Å². The highest BCUT2D eigenvalue weighted by atomic mass is 32.2. The molecule has 168 valence electrons. The number of rotatable bonds is 8. The van der Waals surface area contributed by atoms with Gasteiger partial charge in [0.05, 0.1) is 11.9 Å². The smallest absolute Gasteiger partial charge is 0.241 e. The van der Waals surface area contributed by atoms with Gasteiger partial charge in [0.2, 0.25) is 15.9 Å². The van der Waals surface area contributed by atoms with Crippen LogP contribution in [0.2, 0.25) is 0 Å². The van der Waals surface area contributed by atoms with Crippen LogP contribution in [0.5, 0.6) is 0 Å². The Morgan fingerprint density at radius 2 is 1.66 bits per heavy atom. The highest BCUT2D eigenvalue weighted by Gasteiger charge is 2.22. The van der Waals surface area contributed by atoms with Crippen LogP contribution in [0.1, 0.15) is 24.0 Å². The van der Waals surface area contributed by atoms with Crippen molar-refractivity contribution in [3.63, 3.8) is 0 Å². The zero-order valence-electron chi connectivity index (χ0n) is 18.3. The van der Waals surface area contributed by atoms with E-state index in [0.717, 1.165) is 42.2 Å². The van der Waals surface area contributed by atoms with Gasteiger partial charge in [0, 0.05) is 18.5 Å². The number of nitrogens with one attached hydrogen (secondary N) is 1. The van der Waals surface area contributed by atoms with E-state index in [1.54, 1.807) is 12.1 Å². The Labute approximate surface area is 189 Å². The largest absolute Gasteiger partial charge is 0.350 e. The Morgan fingerprint density at radius 1 is 0.969 bits per heavy atom. The lowest BCUT2D eigenvalue weighted by molar-refractivity contribution is -0.119. The standard InChI is InChI=1S/C25H29N3O3S/c1-32(30,31)28(24-13-7-11-22-10-2-3-12-23(22)24)19-25(29)26-17-20-8-6-9-21(16-20)18-27-14-4-5-15-27/h2-3,6-13,16H,4-5,14-15,17-19H2,1H3,(H,26,29). The van der Waals surface area contributed by atoms with Crippen molar-refractivity contribution in [2.45, 2.75) is 25.9 Å². The molecule has 1 aliphatic heterocycles. The molecule has 0 radical (unpaired) electrons. The fourth-order valence-corrected chi connectivity index (χ4v) is 5.10. The summed E-state index contributed by atoms with van der Waals surface area (Å²) in [6.45, 7) is 3.29. The molecule has 4 rings (SSSR count). The third kappa shape index (κ3) is 5.47. The fourth-order valence-electron chi connectivity index (χ4n) is 4.23. The number of benzene rings is 3. The van der Waals surface area contributed by atoms with Crippen molar-refractivity contribution < 1.29 is 13.2 Å². The van der Waals surface area contributed by atoms with E-state index >= 15 is 0 Å². The lowest BCUT2D eigenvalue weighted by Gasteiger charge is -2.23. The average molecular weight is 452 g/mol. The van der Waals surface area contributed by atoms with Gasteiger partial charge in [-0.25, -0.2) is 8.42 Å². The first kappa shape index (κ1) is 22.3. The van der Waals surface area contributed by atoms with Crippen LogP contribution in [-0.4, -0.2) is 45.1 Å². The Morgan fingerprint density at radius 3 is 2.44 bits per heavy atom. The lowest BCUT2D eigenvalue weighted by atomic mass is 10.1. The van der Waals surface area contributed by atoms with Crippen molar-refractivity contribution in [1.29, 1.82) is 0 Å². The summed E-state index contributed by atoms with van der Waals surface area (Å²) >= 11 is 0. The van der Waals surface area contributed by atoms with E-state index in [-0.39, 0.29) is 12.5 Å². The van der Waals surface area contributed by atoms with Gasteiger partial charge in [-0.05, 0) is 48.5 Å². The predicted molar refractivity (Wildman–Crippen MR) is 129 cm³/mol. The molecule has 0 spiro atoms. The summed E-state index contributed by atoms with van der Waals surface area (Å²) in [6.07, 6.45) is 3.64. The van der Waals surface area contributed by atoms with Crippen molar-refractivity contribution >= 4 is 32.4 Å². The summed E-state index contributed by atoms with van der Waals surface area (Å²) < 4.78 is 26.2. The van der Waals surface area contributed by atoms with Crippen molar-refractivity contribution in [3.05, 3.63) is 77.9 Å². The van der Waals surface area contributed by atoms with Crippen LogP contribution in [0, 0.1) is 0 Å². The first-order valence-electron chi connectivity index (χ1n) is 10.9. The highest BCUT2D eigenvalue weighted by molar-refractivity contribution is 7.92. The van der Waals surface area contributed by atoms with Crippen LogP contribution in [0.15, 0.2) is 66.7 Å². The van der Waals surface area contributed by atoms with Crippen molar-refractivity contribution in [2.75, 3.05) is 30.2 Å². The van der Waals surface area contributed by atoms with Gasteiger partial charge in [0.15, 0.2) is 0 Å². The topological polar surface area (TPSA) is 69.7 Å². The number of carbonyl (C=O) groups is 1. The number of fused-ring (bicyclic) bond motifs is 1. The maximum Gasteiger partial charge on any atom is 0.241 e. The number of nitrogens with zero attached hydrogens (tertiary/aromatic N) is 2. The van der Waals surface area contributed by atoms with Crippen molar-refractivity contribution in [1.82, 2.24) is 10.2 Å². The van der Waals surface area contributed by atoms with E-state index in [4.69, 9.17) is 0 Å². The predicted octanol–water partition coefficient (Wildman–Crippen LogP) is 3.52. The van der Waals surface area contributed by atoms with Gasteiger partial charge in [0.25, 0.3) is 0 Å². The second-order valence-corrected chi connectivity index (χ2v) is 10.3. The molecule has 1 N–H and O–H groups in total. The summed E-state index contributed by atoms with van der Waals surface area (Å²) in [5.41, 5.74) is 2.74. The average Bonchev–Trinajstić information content (AvgIpc) is 3.28. The van der Waals surface area contributed by atoms with Crippen LogP contribution in [0.25, 0.3) is 10.8 Å². The molecule has 1 heterocycles. The van der Waals surface area contributed by atoms with E-state index in [1.807, 2.05) is 42.5 Å². The molecule has 1 aliphatic rings. The maximum atomic E-state index is 12.7. The molecule has 6 nitrogen and oxygen atoms in total. The van der Waals surface area contributed by atoms with E-state index in [0.29, 0.717) is 12.2 Å². The van der Waals surface area contributed by atoms with Gasteiger partial charge < -0.3 is 5.32 Å². The minimum Gasteiger partial charge on any atom is -0.350 e. The minimum atomic E-state index is -3.64. The normalized spacial score (nSPS) is 14.5. The fraction of sp³-hybridized carbons (Fsp3) is 0.320. The molecule has 0 unspecified atom stereocenters. The number of sulfonamides is 1. The summed E-state index contributed by atoms with van der Waals surface area (Å²) in [5, 5.41) is 4.60. The Bertz CT molecular complexity index is 1200. The summed E-state index contributed by atoms with van der Waals surface area (Å²) in [7, 11) is -3.64. The molecule has 3 aromatic carbocycles. The minimum absolute atomic E-state index is 0.264. The molecule has 1 saturated heterocycles. The third-order valence-corrected chi connectivity index (χ3v) is 6.94. The van der Waals surface area contributed by atoms with Gasteiger partial charge in [0.1, 0.15) is 6.54 Å². The molecule has 0 bridgehead atoms. The van der Waals surface area contributed by atoms with E-state index < -0.39 is 10.0 Å². The molecule has 0 saturated carbocycles. The van der Waals surface area contributed by atoms with Crippen LogP contribution < -0.4 is 9.62 Å². The number of anilines is 1. The second kappa shape index (κ2) is 9.71. The highest BCUT2D eigenvalue weighted by Crippen LogP contribution is 2.28. The summed E-state index contributed by atoms with van der Waals surface area (Å²) in [5.74, 6) is -0.340. The molecule has 0 atom stereocenters. The monoisotopic (exact) mass is 451 g/mol. The molecule has 0 aliphatic carbocycles. The number of carbonyl (C=O) groups excluding carboxylic acids is 1. The SMILES string of the molecule is CS(=O)(=O)N(CC(=O)NCc1cccc(CN2CCCC2)c1)c1cccc2ccccc12. The quantitative estimate of drug-likeness (QED) is 0.569. The van der Waals surface area contributed by atoms with Gasteiger partial charge >= 0.3 is 0 Å². The zero-order valence-corrected chi connectivity index (χ0v) is 19.1. The van der Waals surface area contributed by atoms with Crippen LogP contribution in [-0.2, 0) is 27.9 Å². The number of amides is 1. The third-order valence-electron chi connectivity index (χ3n) is 5.81. The first-order valence-corrected chi connectivity index (χ1v) is 12.8. The molecule has 0 aromatic heterocycles. The Hall–Kier alpha value is -2.90. The van der Waals surface area contributed by atoms with Crippen molar-refractivity contribution in [2.24, 2.45) is 0 Å². The van der Waals surface area contributed by atoms with Gasteiger partial charge in [-0.3, -0.25) is 14.0 Å². The van der Waals surface area contributed by atoms with Crippen LogP contribution >= 0.6 is 0 Å². The number of hydrogen-bond donors (Lipinski definition) is 1. The van der Waals surface area contributed by atoms with Gasteiger partial charge in [-0.1, -0.05) is 60.7 Å². The maximum absolute atomic E-state index is 12.7. The van der Waals surface area contributed by atoms with Gasteiger partial charge in [-0.15, -0.1) is 0 Å². The molecule has 32 heavy (non-hydrogen) atoms. The molecule has 1 amide bonds. The van der Waals surface area contributed by atoms with E-state index in [1.165, 1.54) is 22.7 Å². The Balaban J connectivity index is 1.45. The lowest BCUT2D eigenvalue weighted by Crippen LogP contribution is -2.40. The first-order chi connectivity index (χ1) is 15.4. The summed E-state index contributed by atoms with van der Waals surface area (Å²) in [4.78, 5) is 15.2. The number of likely N-dealkylation sites (tertiary alicyclic amines) is 1. The second-order valence-electron chi connectivity index (χ2n) is 8.35. The molecular weight excluding hydrogens is 422 g/mol. The molecule has 1 fully saturated rings. The summed E-state index contributed by atoms with van der Waals surface area (Å²) in [6, 6.07) is 21.2. The number of hydrogen-bond acceptors (Lipinski definition) is 4. The molecular formula is C25H29N3O3S. The van der Waals surface area contributed by atoms with Gasteiger partial charge in [-0.2, -0.15) is 0 Å². The molecule has 3 aromatic rings. The zero-order chi connectivity index (χ0) is 22.6. The van der Waals surface area contributed by atoms with Crippen LogP contribution in [0.3, 0.4) is 0 Å². The Kier molecular flexibility index (Phi) is 6.77.